The smallest absolute Gasteiger partial charge is 0.167 e. The molecule has 0 radical (unpaired) electrons. The Balaban J connectivity index is 2.31. The molecule has 0 N–H and O–H groups in total. The Bertz CT molecular complexity index is 842. The molecule has 0 aromatic heterocycles. The van der Waals surface area contributed by atoms with Crippen LogP contribution in [0.1, 0.15) is 62.8 Å². The predicted molar refractivity (Wildman–Crippen MR) is 87.3 cm³/mol. The van der Waals surface area contributed by atoms with Gasteiger partial charge in [0.1, 0.15) is 0 Å². The van der Waals surface area contributed by atoms with E-state index < -0.39 is 28.7 Å². The molecule has 0 bridgehead atoms. The normalized spacial score (nSPS) is 13.4. The topological polar surface area (TPSA) is 0 Å². The monoisotopic (exact) mass is 336 g/mol. The van der Waals surface area contributed by atoms with E-state index in [4.69, 9.17) is 0 Å². The van der Waals surface area contributed by atoms with Crippen molar-refractivity contribution in [2.75, 3.05) is 0 Å². The zero-order valence-electron chi connectivity index (χ0n) is 14.5. The van der Waals surface area contributed by atoms with E-state index in [2.05, 4.69) is 0 Å². The molecule has 0 aliphatic heterocycles. The van der Waals surface area contributed by atoms with Gasteiger partial charge in [-0.1, -0.05) is 46.8 Å². The minimum Gasteiger partial charge on any atom is -0.203 e. The summed E-state index contributed by atoms with van der Waals surface area (Å²) in [4.78, 5) is 0. The summed E-state index contributed by atoms with van der Waals surface area (Å²) in [5.41, 5.74) is 0.671. The highest BCUT2D eigenvalue weighted by Crippen LogP contribution is 2.45. The van der Waals surface area contributed by atoms with Crippen LogP contribution in [-0.4, -0.2) is 0 Å². The zero-order chi connectivity index (χ0) is 18.0. The molecule has 3 rings (SSSR count). The lowest BCUT2D eigenvalue weighted by molar-refractivity contribution is 0.464. The average Bonchev–Trinajstić information content (AvgIpc) is 2.84. The Hall–Kier alpha value is -1.84. The lowest BCUT2D eigenvalue weighted by atomic mass is 9.84. The highest BCUT2D eigenvalue weighted by molar-refractivity contribution is 5.79. The Morgan fingerprint density at radius 2 is 1.29 bits per heavy atom. The van der Waals surface area contributed by atoms with Gasteiger partial charge in [0.2, 0.25) is 0 Å². The summed E-state index contributed by atoms with van der Waals surface area (Å²) in [6, 6.07) is 3.16. The molecule has 0 unspecified atom stereocenters. The fourth-order valence-electron chi connectivity index (χ4n) is 3.37. The van der Waals surface area contributed by atoms with Gasteiger partial charge in [-0.25, -0.2) is 17.6 Å². The first kappa shape index (κ1) is 17.0. The Labute approximate surface area is 139 Å². The van der Waals surface area contributed by atoms with Crippen molar-refractivity contribution in [3.05, 3.63) is 57.7 Å². The summed E-state index contributed by atoms with van der Waals surface area (Å²) < 4.78 is 58.1. The maximum Gasteiger partial charge on any atom is 0.167 e. The zero-order valence-corrected chi connectivity index (χ0v) is 14.5. The first-order chi connectivity index (χ1) is 11.0. The maximum absolute atomic E-state index is 14.7. The Morgan fingerprint density at radius 3 is 1.79 bits per heavy atom. The van der Waals surface area contributed by atoms with Gasteiger partial charge in [-0.3, -0.25) is 0 Å². The predicted octanol–water partition coefficient (Wildman–Crippen LogP) is 6.24. The van der Waals surface area contributed by atoms with E-state index in [0.717, 1.165) is 0 Å². The van der Waals surface area contributed by atoms with Crippen molar-refractivity contribution in [3.63, 3.8) is 0 Å². The molecule has 0 heterocycles. The summed E-state index contributed by atoms with van der Waals surface area (Å²) in [7, 11) is 0. The van der Waals surface area contributed by atoms with E-state index in [1.54, 1.807) is 46.8 Å². The van der Waals surface area contributed by atoms with E-state index in [1.807, 2.05) is 0 Å². The van der Waals surface area contributed by atoms with Crippen LogP contribution in [0.25, 0.3) is 11.1 Å². The second kappa shape index (κ2) is 5.33. The number of benzene rings is 2. The van der Waals surface area contributed by atoms with Crippen LogP contribution in [0, 0.1) is 23.3 Å². The van der Waals surface area contributed by atoms with Crippen LogP contribution < -0.4 is 0 Å². The molecular weight excluding hydrogens is 316 g/mol. The molecule has 0 saturated carbocycles. The molecule has 24 heavy (non-hydrogen) atoms. The third-order valence-electron chi connectivity index (χ3n) is 4.67. The molecule has 2 aromatic carbocycles. The number of fused-ring (bicyclic) bond motifs is 3. The van der Waals surface area contributed by atoms with Crippen LogP contribution in [0.2, 0.25) is 0 Å². The van der Waals surface area contributed by atoms with Gasteiger partial charge in [-0.15, -0.1) is 0 Å². The molecule has 0 atom stereocenters. The van der Waals surface area contributed by atoms with Crippen LogP contribution in [0.3, 0.4) is 0 Å². The van der Waals surface area contributed by atoms with Crippen LogP contribution in [0.15, 0.2) is 12.1 Å². The van der Waals surface area contributed by atoms with E-state index in [9.17, 15) is 17.6 Å². The summed E-state index contributed by atoms with van der Waals surface area (Å²) in [5.74, 6) is -4.33. The number of rotatable bonds is 1. The molecule has 128 valence electrons. The standard InChI is InChI=1S/C20H20F4/c1-9(2)12-7-10-6-11-8-13(20(3,4)5)17(22)19(24)15(11)14(10)18(23)16(12)21/h7-9H,6H2,1-5H3. The summed E-state index contributed by atoms with van der Waals surface area (Å²) >= 11 is 0. The van der Waals surface area contributed by atoms with Gasteiger partial charge in [0.15, 0.2) is 23.3 Å². The highest BCUT2D eigenvalue weighted by atomic mass is 19.2. The molecule has 0 spiro atoms. The summed E-state index contributed by atoms with van der Waals surface area (Å²) in [5, 5.41) is 0. The molecule has 0 nitrogen and oxygen atoms in total. The third kappa shape index (κ3) is 2.35. The van der Waals surface area contributed by atoms with Gasteiger partial charge in [-0.05, 0) is 40.0 Å². The van der Waals surface area contributed by atoms with E-state index in [-0.39, 0.29) is 34.6 Å². The van der Waals surface area contributed by atoms with Crippen molar-refractivity contribution in [2.45, 2.75) is 52.4 Å². The average molecular weight is 336 g/mol. The maximum atomic E-state index is 14.7. The van der Waals surface area contributed by atoms with Gasteiger partial charge >= 0.3 is 0 Å². The fourth-order valence-corrected chi connectivity index (χ4v) is 3.37. The van der Waals surface area contributed by atoms with Gasteiger partial charge < -0.3 is 0 Å². The van der Waals surface area contributed by atoms with Crippen LogP contribution in [0.5, 0.6) is 0 Å². The van der Waals surface area contributed by atoms with Crippen LogP contribution in [-0.2, 0) is 11.8 Å². The van der Waals surface area contributed by atoms with Gasteiger partial charge in [0, 0.05) is 11.1 Å². The molecule has 1 aliphatic rings. The third-order valence-corrected chi connectivity index (χ3v) is 4.67. The highest BCUT2D eigenvalue weighted by Gasteiger charge is 2.34. The Morgan fingerprint density at radius 1 is 0.792 bits per heavy atom. The second-order valence-electron chi connectivity index (χ2n) is 7.80. The van der Waals surface area contributed by atoms with Crippen molar-refractivity contribution in [1.82, 2.24) is 0 Å². The van der Waals surface area contributed by atoms with E-state index >= 15 is 0 Å². The molecule has 0 saturated heterocycles. The minimum atomic E-state index is -1.09. The number of hydrogen-bond donors (Lipinski definition) is 0. The second-order valence-corrected chi connectivity index (χ2v) is 7.80. The minimum absolute atomic E-state index is 0.135. The molecule has 0 fully saturated rings. The largest absolute Gasteiger partial charge is 0.203 e. The van der Waals surface area contributed by atoms with E-state index in [0.29, 0.717) is 11.1 Å². The van der Waals surface area contributed by atoms with Gasteiger partial charge in [-0.2, -0.15) is 0 Å². The van der Waals surface area contributed by atoms with E-state index in [1.165, 1.54) is 0 Å². The van der Waals surface area contributed by atoms with Crippen LogP contribution in [0.4, 0.5) is 17.6 Å². The first-order valence-corrected chi connectivity index (χ1v) is 8.06. The summed E-state index contributed by atoms with van der Waals surface area (Å²) in [6.07, 6.45) is 0.280. The fraction of sp³-hybridized carbons (Fsp3) is 0.400. The molecule has 2 aromatic rings. The number of hydrogen-bond acceptors (Lipinski definition) is 0. The summed E-state index contributed by atoms with van der Waals surface area (Å²) in [6.45, 7) is 8.90. The van der Waals surface area contributed by atoms with Gasteiger partial charge in [0.05, 0.1) is 0 Å². The number of halogens is 4. The molecule has 0 amide bonds. The lowest BCUT2D eigenvalue weighted by Crippen LogP contribution is -2.15. The lowest BCUT2D eigenvalue weighted by Gasteiger charge is -2.21. The van der Waals surface area contributed by atoms with Crippen molar-refractivity contribution < 1.29 is 17.6 Å². The molecular formula is C20H20F4. The van der Waals surface area contributed by atoms with Crippen molar-refractivity contribution in [2.24, 2.45) is 0 Å². The SMILES string of the molecule is CC(C)c1cc2c(c(F)c1F)-c1c(cc(C(C)(C)C)c(F)c1F)C2. The van der Waals surface area contributed by atoms with Crippen molar-refractivity contribution in [1.29, 1.82) is 0 Å². The molecule has 1 aliphatic carbocycles. The van der Waals surface area contributed by atoms with Gasteiger partial charge in [0.25, 0.3) is 0 Å². The first-order valence-electron chi connectivity index (χ1n) is 8.06. The van der Waals surface area contributed by atoms with Crippen molar-refractivity contribution >= 4 is 0 Å². The Kier molecular flexibility index (Phi) is 3.78. The quantitative estimate of drug-likeness (QED) is 0.462. The van der Waals surface area contributed by atoms with Crippen LogP contribution >= 0.6 is 0 Å². The molecule has 4 heteroatoms. The van der Waals surface area contributed by atoms with Crippen molar-refractivity contribution in [3.8, 4) is 11.1 Å².